The summed E-state index contributed by atoms with van der Waals surface area (Å²) in [7, 11) is 0. The highest BCUT2D eigenvalue weighted by Gasteiger charge is 2.43. The number of carbonyl (C=O) groups is 1. The van der Waals surface area contributed by atoms with Crippen molar-refractivity contribution in [1.29, 1.82) is 0 Å². The number of hydrogen-bond donors (Lipinski definition) is 2. The molecule has 1 aromatic rings. The van der Waals surface area contributed by atoms with Gasteiger partial charge in [0.1, 0.15) is 5.82 Å². The Morgan fingerprint density at radius 2 is 2.14 bits per heavy atom. The molecule has 21 heavy (non-hydrogen) atoms. The Morgan fingerprint density at radius 3 is 2.81 bits per heavy atom. The zero-order chi connectivity index (χ0) is 14.3. The van der Waals surface area contributed by atoms with E-state index >= 15 is 0 Å². The lowest BCUT2D eigenvalue weighted by molar-refractivity contribution is -0.124. The molecular formula is C14H16ClF3N2O. The molecule has 0 aromatic heterocycles. The molecule has 0 radical (unpaired) electrons. The third-order valence-corrected chi connectivity index (χ3v) is 3.96. The first-order valence-corrected chi connectivity index (χ1v) is 6.65. The van der Waals surface area contributed by atoms with E-state index in [1.807, 2.05) is 0 Å². The van der Waals surface area contributed by atoms with Gasteiger partial charge in [0.2, 0.25) is 5.91 Å². The molecule has 7 heteroatoms. The van der Waals surface area contributed by atoms with E-state index < -0.39 is 30.8 Å². The highest BCUT2D eigenvalue weighted by molar-refractivity contribution is 5.85. The van der Waals surface area contributed by atoms with Crippen molar-refractivity contribution < 1.29 is 18.0 Å². The number of nitrogens with one attached hydrogen (secondary N) is 2. The summed E-state index contributed by atoms with van der Waals surface area (Å²) >= 11 is 0. The Labute approximate surface area is 126 Å². The van der Waals surface area contributed by atoms with Crippen LogP contribution >= 0.6 is 12.4 Å². The molecule has 1 aliphatic carbocycles. The van der Waals surface area contributed by atoms with Gasteiger partial charge in [-0.2, -0.15) is 0 Å². The van der Waals surface area contributed by atoms with Crippen LogP contribution in [0.25, 0.3) is 0 Å². The Bertz CT molecular complexity index is 553. The van der Waals surface area contributed by atoms with Gasteiger partial charge in [0, 0.05) is 6.42 Å². The molecule has 2 unspecified atom stereocenters. The van der Waals surface area contributed by atoms with Gasteiger partial charge in [-0.05, 0) is 30.0 Å². The Kier molecular flexibility index (Phi) is 4.49. The first-order valence-electron chi connectivity index (χ1n) is 6.65. The van der Waals surface area contributed by atoms with Crippen LogP contribution in [0.4, 0.5) is 13.2 Å². The average molecular weight is 321 g/mol. The second-order valence-corrected chi connectivity index (χ2v) is 5.40. The van der Waals surface area contributed by atoms with Crippen molar-refractivity contribution in [3.63, 3.8) is 0 Å². The summed E-state index contributed by atoms with van der Waals surface area (Å²) in [6.07, 6.45) is 0.674. The molecule has 116 valence electrons. The summed E-state index contributed by atoms with van der Waals surface area (Å²) < 4.78 is 39.7. The van der Waals surface area contributed by atoms with Crippen molar-refractivity contribution in [1.82, 2.24) is 10.6 Å². The van der Waals surface area contributed by atoms with Gasteiger partial charge in [0.05, 0.1) is 18.6 Å². The smallest absolute Gasteiger partial charge is 0.262 e. The van der Waals surface area contributed by atoms with Crippen molar-refractivity contribution in [3.05, 3.63) is 35.1 Å². The topological polar surface area (TPSA) is 41.1 Å². The summed E-state index contributed by atoms with van der Waals surface area (Å²) in [4.78, 5) is 12.0. The maximum atomic E-state index is 13.6. The Hall–Kier alpha value is -1.27. The molecule has 1 amide bonds. The minimum Gasteiger partial charge on any atom is -0.348 e. The minimum atomic E-state index is -2.83. The number of alkyl halides is 2. The molecule has 1 saturated heterocycles. The van der Waals surface area contributed by atoms with E-state index in [1.165, 1.54) is 6.07 Å². The van der Waals surface area contributed by atoms with Gasteiger partial charge >= 0.3 is 0 Å². The van der Waals surface area contributed by atoms with Gasteiger partial charge in [0.25, 0.3) is 5.92 Å². The SMILES string of the molecule is Cl.O=C(NC1CCc2c(F)cccc21)C1CC(F)(F)CN1. The van der Waals surface area contributed by atoms with E-state index in [0.717, 1.165) is 5.56 Å². The zero-order valence-corrected chi connectivity index (χ0v) is 12.0. The zero-order valence-electron chi connectivity index (χ0n) is 11.2. The molecule has 1 heterocycles. The monoisotopic (exact) mass is 320 g/mol. The van der Waals surface area contributed by atoms with Crippen LogP contribution in [0.2, 0.25) is 0 Å². The van der Waals surface area contributed by atoms with Crippen molar-refractivity contribution in [2.75, 3.05) is 6.54 Å². The highest BCUT2D eigenvalue weighted by Crippen LogP contribution is 2.33. The van der Waals surface area contributed by atoms with Gasteiger partial charge in [-0.1, -0.05) is 12.1 Å². The first kappa shape index (κ1) is 16.1. The molecule has 3 rings (SSSR count). The van der Waals surface area contributed by atoms with Crippen LogP contribution in [0.5, 0.6) is 0 Å². The van der Waals surface area contributed by atoms with E-state index in [1.54, 1.807) is 12.1 Å². The van der Waals surface area contributed by atoms with Gasteiger partial charge < -0.3 is 5.32 Å². The summed E-state index contributed by atoms with van der Waals surface area (Å²) in [5.41, 5.74) is 1.37. The van der Waals surface area contributed by atoms with Crippen LogP contribution in [0.1, 0.15) is 30.0 Å². The normalized spacial score (nSPS) is 26.0. The minimum absolute atomic E-state index is 0. The number of carbonyl (C=O) groups excluding carboxylic acids is 1. The largest absolute Gasteiger partial charge is 0.348 e. The summed E-state index contributed by atoms with van der Waals surface area (Å²) in [6.45, 7) is -0.471. The van der Waals surface area contributed by atoms with E-state index in [4.69, 9.17) is 0 Å². The third kappa shape index (κ3) is 3.16. The van der Waals surface area contributed by atoms with Gasteiger partial charge in [-0.25, -0.2) is 13.2 Å². The van der Waals surface area contributed by atoms with E-state index in [-0.39, 0.29) is 24.3 Å². The summed E-state index contributed by atoms with van der Waals surface area (Å²) in [5.74, 6) is -3.55. The fourth-order valence-corrected chi connectivity index (χ4v) is 2.93. The lowest BCUT2D eigenvalue weighted by atomic mass is 10.1. The predicted octanol–water partition coefficient (Wildman–Crippen LogP) is 2.35. The number of benzene rings is 1. The predicted molar refractivity (Wildman–Crippen MR) is 74.2 cm³/mol. The number of hydrogen-bond acceptors (Lipinski definition) is 2. The fourth-order valence-electron chi connectivity index (χ4n) is 2.93. The van der Waals surface area contributed by atoms with Gasteiger partial charge in [0.15, 0.2) is 0 Å². The molecule has 2 aliphatic rings. The van der Waals surface area contributed by atoms with Crippen LogP contribution in [0.15, 0.2) is 18.2 Å². The van der Waals surface area contributed by atoms with E-state index in [9.17, 15) is 18.0 Å². The second kappa shape index (κ2) is 5.85. The third-order valence-electron chi connectivity index (χ3n) is 3.96. The van der Waals surface area contributed by atoms with E-state index in [0.29, 0.717) is 18.4 Å². The van der Waals surface area contributed by atoms with Crippen LogP contribution in [0.3, 0.4) is 0 Å². The highest BCUT2D eigenvalue weighted by atomic mass is 35.5. The van der Waals surface area contributed by atoms with Gasteiger partial charge in [-0.3, -0.25) is 10.1 Å². The Balaban J connectivity index is 0.00000161. The van der Waals surface area contributed by atoms with Crippen molar-refractivity contribution >= 4 is 18.3 Å². The molecule has 0 saturated carbocycles. The molecule has 1 fully saturated rings. The average Bonchev–Trinajstić information content (AvgIpc) is 2.95. The molecule has 0 spiro atoms. The molecule has 2 atom stereocenters. The molecular weight excluding hydrogens is 305 g/mol. The molecule has 0 bridgehead atoms. The van der Waals surface area contributed by atoms with Crippen molar-refractivity contribution in [2.24, 2.45) is 0 Å². The molecule has 3 nitrogen and oxygen atoms in total. The van der Waals surface area contributed by atoms with Crippen LogP contribution < -0.4 is 10.6 Å². The quantitative estimate of drug-likeness (QED) is 0.878. The lowest BCUT2D eigenvalue weighted by Gasteiger charge is -2.17. The molecule has 1 aliphatic heterocycles. The number of fused-ring (bicyclic) bond motifs is 1. The van der Waals surface area contributed by atoms with E-state index in [2.05, 4.69) is 10.6 Å². The maximum Gasteiger partial charge on any atom is 0.262 e. The van der Waals surface area contributed by atoms with Gasteiger partial charge in [-0.15, -0.1) is 12.4 Å². The number of amides is 1. The summed E-state index contributed by atoms with van der Waals surface area (Å²) in [5, 5.41) is 5.26. The van der Waals surface area contributed by atoms with Crippen LogP contribution in [0, 0.1) is 5.82 Å². The summed E-state index contributed by atoms with van der Waals surface area (Å²) in [6, 6.07) is 3.60. The van der Waals surface area contributed by atoms with Crippen molar-refractivity contribution in [2.45, 2.75) is 37.3 Å². The standard InChI is InChI=1S/C14H15F3N2O.ClH/c15-10-3-1-2-9-8(10)4-5-11(9)19-13(20)12-6-14(16,17)7-18-12;/h1-3,11-12,18H,4-7H2,(H,19,20);1H. The lowest BCUT2D eigenvalue weighted by Crippen LogP contribution is -2.41. The maximum absolute atomic E-state index is 13.6. The van der Waals surface area contributed by atoms with Crippen LogP contribution in [-0.2, 0) is 11.2 Å². The van der Waals surface area contributed by atoms with Crippen LogP contribution in [-0.4, -0.2) is 24.4 Å². The fraction of sp³-hybridized carbons (Fsp3) is 0.500. The molecule has 1 aromatic carbocycles. The second-order valence-electron chi connectivity index (χ2n) is 5.40. The first-order chi connectivity index (χ1) is 9.46. The Morgan fingerprint density at radius 1 is 1.38 bits per heavy atom. The molecule has 2 N–H and O–H groups in total. The van der Waals surface area contributed by atoms with Crippen molar-refractivity contribution in [3.8, 4) is 0 Å². The number of halogens is 4. The number of rotatable bonds is 2.